The van der Waals surface area contributed by atoms with Crippen LogP contribution in [0.2, 0.25) is 0 Å². The standard InChI is InChI=1S/C16H24N2O4S/c1-13-7-10-18(11-8-13)16(19)17-9-12-22-14-3-5-15(6-4-14)23(2,20)21/h3-6,13H,7-12H2,1-2H3,(H,17,19). The lowest BCUT2D eigenvalue weighted by Gasteiger charge is -2.30. The van der Waals surface area contributed by atoms with Gasteiger partial charge < -0.3 is 15.0 Å². The van der Waals surface area contributed by atoms with Crippen LogP contribution in [-0.4, -0.2) is 51.8 Å². The lowest BCUT2D eigenvalue weighted by molar-refractivity contribution is 0.172. The third kappa shape index (κ3) is 5.42. The summed E-state index contributed by atoms with van der Waals surface area (Å²) >= 11 is 0. The largest absolute Gasteiger partial charge is 0.492 e. The van der Waals surface area contributed by atoms with Crippen LogP contribution in [0.5, 0.6) is 5.75 Å². The van der Waals surface area contributed by atoms with Crippen molar-refractivity contribution in [3.05, 3.63) is 24.3 Å². The predicted octanol–water partition coefficient (Wildman–Crippen LogP) is 1.91. The smallest absolute Gasteiger partial charge is 0.317 e. The highest BCUT2D eigenvalue weighted by Gasteiger charge is 2.19. The number of hydrogen-bond acceptors (Lipinski definition) is 4. The second kappa shape index (κ2) is 7.68. The molecule has 1 aromatic rings. The van der Waals surface area contributed by atoms with Crippen LogP contribution in [-0.2, 0) is 9.84 Å². The van der Waals surface area contributed by atoms with Crippen LogP contribution in [0.25, 0.3) is 0 Å². The van der Waals surface area contributed by atoms with Gasteiger partial charge in [0.15, 0.2) is 9.84 Å². The predicted molar refractivity (Wildman–Crippen MR) is 88.4 cm³/mol. The van der Waals surface area contributed by atoms with Gasteiger partial charge in [-0.05, 0) is 43.0 Å². The normalized spacial score (nSPS) is 16.2. The lowest BCUT2D eigenvalue weighted by Crippen LogP contribution is -2.45. The van der Waals surface area contributed by atoms with Crippen LogP contribution < -0.4 is 10.1 Å². The molecule has 0 unspecified atom stereocenters. The van der Waals surface area contributed by atoms with Gasteiger partial charge in [0.25, 0.3) is 0 Å². The molecule has 1 aromatic carbocycles. The molecule has 7 heteroatoms. The van der Waals surface area contributed by atoms with Crippen molar-refractivity contribution < 1.29 is 17.9 Å². The summed E-state index contributed by atoms with van der Waals surface area (Å²) in [6.45, 7) is 4.58. The molecule has 1 N–H and O–H groups in total. The van der Waals surface area contributed by atoms with Crippen LogP contribution in [0.1, 0.15) is 19.8 Å². The molecule has 0 atom stereocenters. The van der Waals surface area contributed by atoms with E-state index in [1.807, 2.05) is 4.90 Å². The number of piperidine rings is 1. The Morgan fingerprint density at radius 3 is 2.43 bits per heavy atom. The van der Waals surface area contributed by atoms with Crippen molar-refractivity contribution in [3.8, 4) is 5.75 Å². The number of urea groups is 1. The molecule has 1 aliphatic heterocycles. The summed E-state index contributed by atoms with van der Waals surface area (Å²) in [7, 11) is -3.19. The third-order valence-electron chi connectivity index (χ3n) is 3.97. The second-order valence-electron chi connectivity index (χ2n) is 5.99. The summed E-state index contributed by atoms with van der Waals surface area (Å²) in [5, 5.41) is 2.84. The van der Waals surface area contributed by atoms with Gasteiger partial charge in [-0.15, -0.1) is 0 Å². The Morgan fingerprint density at radius 2 is 1.87 bits per heavy atom. The zero-order valence-electron chi connectivity index (χ0n) is 13.6. The minimum Gasteiger partial charge on any atom is -0.492 e. The maximum absolute atomic E-state index is 12.0. The maximum Gasteiger partial charge on any atom is 0.317 e. The molecule has 128 valence electrons. The summed E-state index contributed by atoms with van der Waals surface area (Å²) in [5.74, 6) is 1.27. The van der Waals surface area contributed by atoms with Gasteiger partial charge >= 0.3 is 6.03 Å². The molecule has 0 aromatic heterocycles. The molecule has 0 aliphatic carbocycles. The van der Waals surface area contributed by atoms with Crippen molar-refractivity contribution in [2.24, 2.45) is 5.92 Å². The molecule has 2 rings (SSSR count). The summed E-state index contributed by atoms with van der Waals surface area (Å²) in [6.07, 6.45) is 3.27. The van der Waals surface area contributed by atoms with Crippen molar-refractivity contribution in [3.63, 3.8) is 0 Å². The van der Waals surface area contributed by atoms with Crippen LogP contribution in [0, 0.1) is 5.92 Å². The van der Waals surface area contributed by atoms with Gasteiger partial charge in [0.1, 0.15) is 12.4 Å². The lowest BCUT2D eigenvalue weighted by atomic mass is 10.00. The molecule has 0 bridgehead atoms. The van der Waals surface area contributed by atoms with Gasteiger partial charge in [-0.3, -0.25) is 0 Å². The average Bonchev–Trinajstić information content (AvgIpc) is 2.51. The zero-order valence-corrected chi connectivity index (χ0v) is 14.4. The number of carbonyl (C=O) groups excluding carboxylic acids is 1. The van der Waals surface area contributed by atoms with E-state index in [1.165, 1.54) is 18.4 Å². The minimum absolute atomic E-state index is 0.0482. The number of nitrogens with one attached hydrogen (secondary N) is 1. The number of carbonyl (C=O) groups is 1. The highest BCUT2D eigenvalue weighted by atomic mass is 32.2. The van der Waals surface area contributed by atoms with Crippen LogP contribution >= 0.6 is 0 Å². The van der Waals surface area contributed by atoms with Gasteiger partial charge in [-0.2, -0.15) is 0 Å². The van der Waals surface area contributed by atoms with Crippen molar-refractivity contribution >= 4 is 15.9 Å². The first-order chi connectivity index (χ1) is 10.9. The van der Waals surface area contributed by atoms with E-state index < -0.39 is 9.84 Å². The molecule has 6 nitrogen and oxygen atoms in total. The van der Waals surface area contributed by atoms with E-state index in [-0.39, 0.29) is 10.9 Å². The first-order valence-electron chi connectivity index (χ1n) is 7.82. The number of benzene rings is 1. The molecular weight excluding hydrogens is 316 g/mol. The topological polar surface area (TPSA) is 75.7 Å². The number of hydrogen-bond donors (Lipinski definition) is 1. The van der Waals surface area contributed by atoms with Gasteiger partial charge in [0.2, 0.25) is 0 Å². The summed E-state index contributed by atoms with van der Waals surface area (Å²) in [4.78, 5) is 14.1. The minimum atomic E-state index is -3.19. The van der Waals surface area contributed by atoms with Crippen LogP contribution in [0.4, 0.5) is 4.79 Å². The van der Waals surface area contributed by atoms with Crippen LogP contribution in [0.15, 0.2) is 29.2 Å². The van der Waals surface area contributed by atoms with Crippen molar-refractivity contribution in [2.75, 3.05) is 32.5 Å². The van der Waals surface area contributed by atoms with Crippen molar-refractivity contribution in [1.82, 2.24) is 10.2 Å². The van der Waals surface area contributed by atoms with Gasteiger partial charge in [0, 0.05) is 19.3 Å². The fourth-order valence-corrected chi connectivity index (χ4v) is 3.06. The van der Waals surface area contributed by atoms with Gasteiger partial charge in [0.05, 0.1) is 11.4 Å². The highest BCUT2D eigenvalue weighted by Crippen LogP contribution is 2.16. The Labute approximate surface area is 137 Å². The van der Waals surface area contributed by atoms with E-state index in [0.717, 1.165) is 25.9 Å². The molecule has 1 fully saturated rings. The summed E-state index contributed by atoms with van der Waals surface area (Å²) in [5.41, 5.74) is 0. The first kappa shape index (κ1) is 17.6. The van der Waals surface area contributed by atoms with Crippen LogP contribution in [0.3, 0.4) is 0 Å². The Kier molecular flexibility index (Phi) is 5.87. The van der Waals surface area contributed by atoms with E-state index in [9.17, 15) is 13.2 Å². The summed E-state index contributed by atoms with van der Waals surface area (Å²) < 4.78 is 28.2. The molecule has 1 aliphatic rings. The van der Waals surface area contributed by atoms with E-state index in [2.05, 4.69) is 12.2 Å². The number of likely N-dealkylation sites (tertiary alicyclic amines) is 1. The molecule has 0 radical (unpaired) electrons. The summed E-state index contributed by atoms with van der Waals surface area (Å²) in [6, 6.07) is 6.21. The molecule has 1 heterocycles. The van der Waals surface area contributed by atoms with Crippen molar-refractivity contribution in [2.45, 2.75) is 24.7 Å². The second-order valence-corrected chi connectivity index (χ2v) is 8.01. The number of sulfone groups is 1. The average molecular weight is 340 g/mol. The Bertz CT molecular complexity index is 620. The molecule has 0 spiro atoms. The fraction of sp³-hybridized carbons (Fsp3) is 0.562. The zero-order chi connectivity index (χ0) is 16.9. The quantitative estimate of drug-likeness (QED) is 0.831. The first-order valence-corrected chi connectivity index (χ1v) is 9.71. The van der Waals surface area contributed by atoms with Gasteiger partial charge in [-0.25, -0.2) is 13.2 Å². The Balaban J connectivity index is 1.70. The molecule has 1 saturated heterocycles. The van der Waals surface area contributed by atoms with E-state index >= 15 is 0 Å². The van der Waals surface area contributed by atoms with E-state index in [1.54, 1.807) is 12.1 Å². The maximum atomic E-state index is 12.0. The number of nitrogens with zero attached hydrogens (tertiary/aromatic N) is 1. The Hall–Kier alpha value is -1.76. The van der Waals surface area contributed by atoms with Crippen molar-refractivity contribution in [1.29, 1.82) is 0 Å². The highest BCUT2D eigenvalue weighted by molar-refractivity contribution is 7.90. The molecule has 2 amide bonds. The van der Waals surface area contributed by atoms with E-state index in [0.29, 0.717) is 24.8 Å². The monoisotopic (exact) mass is 340 g/mol. The van der Waals surface area contributed by atoms with E-state index in [4.69, 9.17) is 4.74 Å². The molecule has 23 heavy (non-hydrogen) atoms. The SMILES string of the molecule is CC1CCN(C(=O)NCCOc2ccc(S(C)(=O)=O)cc2)CC1. The fourth-order valence-electron chi connectivity index (χ4n) is 2.43. The molecular formula is C16H24N2O4S. The number of rotatable bonds is 5. The molecule has 0 saturated carbocycles. The van der Waals surface area contributed by atoms with Gasteiger partial charge in [-0.1, -0.05) is 6.92 Å². The number of ether oxygens (including phenoxy) is 1. The third-order valence-corrected chi connectivity index (χ3v) is 5.10. The Morgan fingerprint density at radius 1 is 1.26 bits per heavy atom. The number of amides is 2.